The first kappa shape index (κ1) is 19.1. The maximum atomic E-state index is 11.9. The zero-order valence-electron chi connectivity index (χ0n) is 13.3. The second-order valence-electron chi connectivity index (χ2n) is 4.87. The molecule has 2 aromatic rings. The van der Waals surface area contributed by atoms with Crippen LogP contribution < -0.4 is 0 Å². The lowest BCUT2D eigenvalue weighted by atomic mass is 10.2. The van der Waals surface area contributed by atoms with E-state index >= 15 is 0 Å². The van der Waals surface area contributed by atoms with Gasteiger partial charge in [-0.2, -0.15) is 0 Å². The molecule has 25 heavy (non-hydrogen) atoms. The Morgan fingerprint density at radius 2 is 1.24 bits per heavy atom. The van der Waals surface area contributed by atoms with Crippen molar-refractivity contribution in [3.8, 4) is 0 Å². The summed E-state index contributed by atoms with van der Waals surface area (Å²) < 4.78 is 10.3. The van der Waals surface area contributed by atoms with Crippen LogP contribution in [0.25, 0.3) is 0 Å². The summed E-state index contributed by atoms with van der Waals surface area (Å²) in [5.74, 6) is -0.996. The van der Waals surface area contributed by atoms with Crippen molar-refractivity contribution in [3.63, 3.8) is 0 Å². The molecular weight excluding hydrogens is 392 g/mol. The molecule has 2 rings (SSSR count). The maximum Gasteiger partial charge on any atom is 0.338 e. The van der Waals surface area contributed by atoms with Crippen molar-refractivity contribution < 1.29 is 28.8 Å². The molecule has 0 aliphatic heterocycles. The molecule has 0 aromatic heterocycles. The van der Waals surface area contributed by atoms with E-state index in [0.29, 0.717) is 11.1 Å². The van der Waals surface area contributed by atoms with E-state index in [1.54, 1.807) is 60.7 Å². The molecule has 2 aromatic carbocycles. The van der Waals surface area contributed by atoms with E-state index < -0.39 is 18.0 Å². The van der Waals surface area contributed by atoms with Gasteiger partial charge in [-0.15, -0.1) is 0 Å². The van der Waals surface area contributed by atoms with E-state index in [1.807, 2.05) is 0 Å². The van der Waals surface area contributed by atoms with E-state index in [1.165, 1.54) is 0 Å². The fourth-order valence-corrected chi connectivity index (χ4v) is 1.99. The van der Waals surface area contributed by atoms with Gasteiger partial charge in [0.1, 0.15) is 18.7 Å². The van der Waals surface area contributed by atoms with Crippen molar-refractivity contribution in [2.75, 3.05) is 18.7 Å². The van der Waals surface area contributed by atoms with Gasteiger partial charge in [0, 0.05) is 0 Å². The average Bonchev–Trinajstić information content (AvgIpc) is 2.68. The minimum Gasteiger partial charge on any atom is -0.459 e. The minimum atomic E-state index is -0.752. The van der Waals surface area contributed by atoms with Gasteiger partial charge in [-0.1, -0.05) is 52.3 Å². The number of carbonyl (C=O) groups excluding carboxylic acids is 2. The van der Waals surface area contributed by atoms with Crippen molar-refractivity contribution >= 4 is 27.9 Å². The minimum absolute atomic E-state index is 0.122. The number of rotatable bonds is 9. The van der Waals surface area contributed by atoms with Crippen molar-refractivity contribution in [1.82, 2.24) is 0 Å². The molecule has 0 atom stereocenters. The molecule has 0 unspecified atom stereocenters. The van der Waals surface area contributed by atoms with Gasteiger partial charge in [-0.25, -0.2) is 19.4 Å². The van der Waals surface area contributed by atoms with Gasteiger partial charge < -0.3 is 9.47 Å². The van der Waals surface area contributed by atoms with Crippen LogP contribution in [0.4, 0.5) is 0 Å². The highest BCUT2D eigenvalue weighted by atomic mass is 79.9. The predicted octanol–water partition coefficient (Wildman–Crippen LogP) is 3.37. The summed E-state index contributed by atoms with van der Waals surface area (Å²) in [6.07, 6.45) is -0.752. The Morgan fingerprint density at radius 1 is 0.800 bits per heavy atom. The SMILES string of the molecule is O=C(OCC(COC(=O)c1ccccc1)OOCBr)c1ccccc1. The Hall–Kier alpha value is -2.22. The Balaban J connectivity index is 1.85. The summed E-state index contributed by atoms with van der Waals surface area (Å²) in [5, 5.41) is 0. The van der Waals surface area contributed by atoms with Gasteiger partial charge in [0.15, 0.2) is 6.10 Å². The first-order chi connectivity index (χ1) is 12.2. The fraction of sp³-hybridized carbons (Fsp3) is 0.222. The Labute approximate surface area is 153 Å². The molecule has 7 heteroatoms. The fourth-order valence-electron chi connectivity index (χ4n) is 1.88. The Kier molecular flexibility index (Phi) is 8.11. The quantitative estimate of drug-likeness (QED) is 0.274. The summed E-state index contributed by atoms with van der Waals surface area (Å²) in [7, 11) is 0. The molecule has 6 nitrogen and oxygen atoms in total. The lowest BCUT2D eigenvalue weighted by Gasteiger charge is -2.16. The van der Waals surface area contributed by atoms with Crippen molar-refractivity contribution in [1.29, 1.82) is 0 Å². The normalized spacial score (nSPS) is 10.5. The highest BCUT2D eigenvalue weighted by Crippen LogP contribution is 2.06. The van der Waals surface area contributed by atoms with Crippen molar-refractivity contribution in [2.24, 2.45) is 0 Å². The molecule has 132 valence electrons. The lowest BCUT2D eigenvalue weighted by Crippen LogP contribution is -2.28. The molecule has 0 fully saturated rings. The molecule has 0 saturated carbocycles. The molecule has 0 radical (unpaired) electrons. The third kappa shape index (κ3) is 6.66. The van der Waals surface area contributed by atoms with Gasteiger partial charge in [0.05, 0.1) is 11.1 Å². The highest BCUT2D eigenvalue weighted by molar-refractivity contribution is 9.09. The molecule has 0 aliphatic rings. The second kappa shape index (κ2) is 10.6. The van der Waals surface area contributed by atoms with Crippen LogP contribution in [0.1, 0.15) is 20.7 Å². The third-order valence-corrected chi connectivity index (χ3v) is 3.26. The number of halogens is 1. The standard InChI is InChI=1S/C18H17BrO6/c19-13-24-25-16(11-22-17(20)14-7-3-1-4-8-14)12-23-18(21)15-9-5-2-6-10-15/h1-10,16H,11-13H2. The zero-order valence-corrected chi connectivity index (χ0v) is 14.9. The van der Waals surface area contributed by atoms with Crippen LogP contribution in [-0.4, -0.2) is 36.8 Å². The van der Waals surface area contributed by atoms with Crippen LogP contribution in [0.3, 0.4) is 0 Å². The topological polar surface area (TPSA) is 71.1 Å². The molecule has 0 N–H and O–H groups in total. The first-order valence-electron chi connectivity index (χ1n) is 7.49. The van der Waals surface area contributed by atoms with Crippen LogP contribution in [0.15, 0.2) is 60.7 Å². The van der Waals surface area contributed by atoms with Gasteiger partial charge in [0.2, 0.25) is 0 Å². The summed E-state index contributed by atoms with van der Waals surface area (Å²) >= 11 is 3.05. The molecular formula is C18H17BrO6. The molecule has 0 bridgehead atoms. The van der Waals surface area contributed by atoms with E-state index in [2.05, 4.69) is 15.9 Å². The van der Waals surface area contributed by atoms with Crippen molar-refractivity contribution in [2.45, 2.75) is 6.10 Å². The maximum absolute atomic E-state index is 11.9. The summed E-state index contributed by atoms with van der Waals surface area (Å²) in [6.45, 7) is -0.244. The Morgan fingerprint density at radius 3 is 1.64 bits per heavy atom. The molecule has 0 amide bonds. The molecule has 0 aliphatic carbocycles. The van der Waals surface area contributed by atoms with E-state index in [-0.39, 0.29) is 18.7 Å². The smallest absolute Gasteiger partial charge is 0.338 e. The molecule has 0 saturated heterocycles. The zero-order chi connectivity index (χ0) is 17.9. The first-order valence-corrected chi connectivity index (χ1v) is 8.61. The van der Waals surface area contributed by atoms with E-state index in [9.17, 15) is 9.59 Å². The lowest BCUT2D eigenvalue weighted by molar-refractivity contribution is -0.318. The largest absolute Gasteiger partial charge is 0.459 e. The van der Waals surface area contributed by atoms with Gasteiger partial charge >= 0.3 is 11.9 Å². The van der Waals surface area contributed by atoms with Crippen LogP contribution in [-0.2, 0) is 19.2 Å². The van der Waals surface area contributed by atoms with E-state index in [4.69, 9.17) is 19.2 Å². The predicted molar refractivity (Wildman–Crippen MR) is 93.2 cm³/mol. The Bertz CT molecular complexity index is 606. The number of alkyl halides is 1. The van der Waals surface area contributed by atoms with Crippen molar-refractivity contribution in [3.05, 3.63) is 71.8 Å². The van der Waals surface area contributed by atoms with Crippen LogP contribution in [0.2, 0.25) is 0 Å². The highest BCUT2D eigenvalue weighted by Gasteiger charge is 2.18. The molecule has 0 heterocycles. The molecule has 0 spiro atoms. The van der Waals surface area contributed by atoms with Crippen LogP contribution >= 0.6 is 15.9 Å². The number of esters is 2. The van der Waals surface area contributed by atoms with Crippen LogP contribution in [0.5, 0.6) is 0 Å². The van der Waals surface area contributed by atoms with E-state index in [0.717, 1.165) is 0 Å². The summed E-state index contributed by atoms with van der Waals surface area (Å²) in [5.41, 5.74) is 0.968. The third-order valence-electron chi connectivity index (χ3n) is 3.07. The number of carbonyl (C=O) groups is 2. The number of hydrogen-bond acceptors (Lipinski definition) is 6. The summed E-state index contributed by atoms with van der Waals surface area (Å²) in [4.78, 5) is 33.8. The monoisotopic (exact) mass is 408 g/mol. The van der Waals surface area contributed by atoms with Crippen LogP contribution in [0, 0.1) is 0 Å². The second-order valence-corrected chi connectivity index (χ2v) is 5.33. The average molecular weight is 409 g/mol. The number of benzene rings is 2. The van der Waals surface area contributed by atoms with Gasteiger partial charge in [-0.05, 0) is 24.3 Å². The number of ether oxygens (including phenoxy) is 2. The number of hydrogen-bond donors (Lipinski definition) is 0. The summed E-state index contributed by atoms with van der Waals surface area (Å²) in [6, 6.07) is 17.1. The van der Waals surface area contributed by atoms with Gasteiger partial charge in [0.25, 0.3) is 0 Å². The van der Waals surface area contributed by atoms with Gasteiger partial charge in [-0.3, -0.25) is 0 Å².